The molecule has 1 aromatic carbocycles. The molecule has 0 N–H and O–H groups in total. The van der Waals surface area contributed by atoms with Crippen LogP contribution < -0.4 is 0 Å². The molecule has 0 aromatic heterocycles. The molecule has 0 aliphatic heterocycles. The van der Waals surface area contributed by atoms with E-state index in [-0.39, 0.29) is 5.82 Å². The van der Waals surface area contributed by atoms with Crippen LogP contribution >= 0.6 is 0 Å². The standard InChI is InChI=1S/C7H6FNO.C2H6/c1-5-4-6(8)2-3-7(5)9-10;1-2/h2-4H,1H3;1-2H3. The molecule has 1 aromatic rings. The van der Waals surface area contributed by atoms with Crippen LogP contribution in [-0.4, -0.2) is 0 Å². The molecule has 0 spiro atoms. The van der Waals surface area contributed by atoms with Crippen molar-refractivity contribution in [3.63, 3.8) is 0 Å². The third kappa shape index (κ3) is 2.78. The van der Waals surface area contributed by atoms with Crippen molar-refractivity contribution in [2.75, 3.05) is 0 Å². The molecule has 0 aliphatic rings. The SMILES string of the molecule is CC.Cc1cc(F)ccc1N=O. The molecule has 0 heterocycles. The maximum Gasteiger partial charge on any atom is 0.123 e. The van der Waals surface area contributed by atoms with Crippen LogP contribution in [-0.2, 0) is 0 Å². The molecule has 1 rings (SSSR count). The molecule has 12 heavy (non-hydrogen) atoms. The maximum absolute atomic E-state index is 12.3. The van der Waals surface area contributed by atoms with Gasteiger partial charge in [0.05, 0.1) is 0 Å². The summed E-state index contributed by atoms with van der Waals surface area (Å²) in [6, 6.07) is 3.85. The highest BCUT2D eigenvalue weighted by Gasteiger charge is 1.97. The molecule has 2 nitrogen and oxygen atoms in total. The van der Waals surface area contributed by atoms with Crippen LogP contribution in [0.15, 0.2) is 23.4 Å². The number of rotatable bonds is 1. The van der Waals surface area contributed by atoms with Crippen molar-refractivity contribution < 1.29 is 4.39 Å². The quantitative estimate of drug-likeness (QED) is 0.591. The molecular formula is C9H12FNO. The number of halogens is 1. The minimum absolute atomic E-state index is 0.293. The highest BCUT2D eigenvalue weighted by atomic mass is 19.1. The number of nitroso groups, excluding NO2 is 1. The summed E-state index contributed by atoms with van der Waals surface area (Å²) in [6.07, 6.45) is 0. The Bertz CT molecular complexity index is 261. The van der Waals surface area contributed by atoms with Gasteiger partial charge in [0.15, 0.2) is 0 Å². The van der Waals surface area contributed by atoms with Crippen molar-refractivity contribution in [2.45, 2.75) is 20.8 Å². The lowest BCUT2D eigenvalue weighted by Gasteiger charge is -1.93. The summed E-state index contributed by atoms with van der Waals surface area (Å²) in [5.41, 5.74) is 0.858. The van der Waals surface area contributed by atoms with Crippen LogP contribution in [0.4, 0.5) is 10.1 Å². The van der Waals surface area contributed by atoms with Crippen LogP contribution in [0.25, 0.3) is 0 Å². The van der Waals surface area contributed by atoms with Crippen molar-refractivity contribution in [1.82, 2.24) is 0 Å². The van der Waals surface area contributed by atoms with E-state index >= 15 is 0 Å². The maximum atomic E-state index is 12.3. The van der Waals surface area contributed by atoms with E-state index in [0.29, 0.717) is 11.3 Å². The zero-order chi connectivity index (χ0) is 9.56. The molecule has 0 bridgehead atoms. The normalized spacial score (nSPS) is 8.33. The Hall–Kier alpha value is -1.25. The molecular weight excluding hydrogens is 157 g/mol. The second-order valence-corrected chi connectivity index (χ2v) is 2.02. The predicted octanol–water partition coefficient (Wildman–Crippen LogP) is 3.56. The average molecular weight is 169 g/mol. The van der Waals surface area contributed by atoms with Gasteiger partial charge < -0.3 is 0 Å². The highest BCUT2D eigenvalue weighted by Crippen LogP contribution is 2.17. The molecule has 0 fully saturated rings. The van der Waals surface area contributed by atoms with Crippen molar-refractivity contribution in [3.05, 3.63) is 34.5 Å². The number of hydrogen-bond acceptors (Lipinski definition) is 2. The zero-order valence-corrected chi connectivity index (χ0v) is 7.47. The van der Waals surface area contributed by atoms with Crippen molar-refractivity contribution >= 4 is 5.69 Å². The lowest BCUT2D eigenvalue weighted by Crippen LogP contribution is -1.76. The summed E-state index contributed by atoms with van der Waals surface area (Å²) in [7, 11) is 0. The number of aryl methyl sites for hydroxylation is 1. The van der Waals surface area contributed by atoms with Crippen molar-refractivity contribution in [1.29, 1.82) is 0 Å². The first-order chi connectivity index (χ1) is 5.74. The minimum atomic E-state index is -0.343. The molecule has 0 saturated heterocycles. The topological polar surface area (TPSA) is 29.4 Å². The lowest BCUT2D eigenvalue weighted by molar-refractivity contribution is 0.627. The lowest BCUT2D eigenvalue weighted by atomic mass is 10.2. The summed E-state index contributed by atoms with van der Waals surface area (Å²) < 4.78 is 12.3. The number of hydrogen-bond donors (Lipinski definition) is 0. The third-order valence-corrected chi connectivity index (χ3v) is 1.26. The molecule has 0 aliphatic carbocycles. The van der Waals surface area contributed by atoms with Crippen LogP contribution in [0.5, 0.6) is 0 Å². The average Bonchev–Trinajstić information content (AvgIpc) is 2.08. The Morgan fingerprint density at radius 1 is 1.33 bits per heavy atom. The molecule has 0 atom stereocenters. The Morgan fingerprint density at radius 2 is 1.92 bits per heavy atom. The van der Waals surface area contributed by atoms with E-state index in [4.69, 9.17) is 0 Å². The minimum Gasteiger partial charge on any atom is -0.207 e. The van der Waals surface area contributed by atoms with Gasteiger partial charge in [0.1, 0.15) is 11.5 Å². The van der Waals surface area contributed by atoms with Gasteiger partial charge in [-0.05, 0) is 35.9 Å². The smallest absolute Gasteiger partial charge is 0.123 e. The van der Waals surface area contributed by atoms with Crippen LogP contribution in [0, 0.1) is 17.6 Å². The molecule has 66 valence electrons. The Balaban J connectivity index is 0.000000561. The first-order valence-corrected chi connectivity index (χ1v) is 3.83. The van der Waals surface area contributed by atoms with E-state index in [2.05, 4.69) is 5.18 Å². The Labute approximate surface area is 71.4 Å². The molecule has 0 unspecified atom stereocenters. The molecule has 0 radical (unpaired) electrons. The van der Waals surface area contributed by atoms with Gasteiger partial charge in [-0.3, -0.25) is 0 Å². The Kier molecular flexibility index (Phi) is 4.84. The fourth-order valence-electron chi connectivity index (χ4n) is 0.721. The fourth-order valence-corrected chi connectivity index (χ4v) is 0.721. The fraction of sp³-hybridized carbons (Fsp3) is 0.333. The van der Waals surface area contributed by atoms with E-state index in [1.165, 1.54) is 18.2 Å². The van der Waals surface area contributed by atoms with Crippen LogP contribution in [0.1, 0.15) is 19.4 Å². The summed E-state index contributed by atoms with van der Waals surface area (Å²) in [4.78, 5) is 9.97. The van der Waals surface area contributed by atoms with Gasteiger partial charge in [0.25, 0.3) is 0 Å². The molecule has 0 amide bonds. The summed E-state index contributed by atoms with van der Waals surface area (Å²) in [5, 5.41) is 2.69. The van der Waals surface area contributed by atoms with Gasteiger partial charge in [0, 0.05) is 0 Å². The van der Waals surface area contributed by atoms with Crippen molar-refractivity contribution in [2.24, 2.45) is 5.18 Å². The van der Waals surface area contributed by atoms with E-state index in [0.717, 1.165) is 0 Å². The summed E-state index contributed by atoms with van der Waals surface area (Å²) in [5.74, 6) is -0.343. The largest absolute Gasteiger partial charge is 0.207 e. The third-order valence-electron chi connectivity index (χ3n) is 1.26. The van der Waals surface area contributed by atoms with Crippen LogP contribution in [0.3, 0.4) is 0 Å². The van der Waals surface area contributed by atoms with Gasteiger partial charge >= 0.3 is 0 Å². The summed E-state index contributed by atoms with van der Waals surface area (Å²) in [6.45, 7) is 5.64. The van der Waals surface area contributed by atoms with E-state index in [1.807, 2.05) is 13.8 Å². The van der Waals surface area contributed by atoms with Gasteiger partial charge in [-0.2, -0.15) is 0 Å². The Morgan fingerprint density at radius 3 is 2.33 bits per heavy atom. The van der Waals surface area contributed by atoms with E-state index in [1.54, 1.807) is 6.92 Å². The van der Waals surface area contributed by atoms with Gasteiger partial charge in [-0.15, -0.1) is 4.91 Å². The molecule has 0 saturated carbocycles. The first-order valence-electron chi connectivity index (χ1n) is 3.83. The van der Waals surface area contributed by atoms with E-state index < -0.39 is 0 Å². The van der Waals surface area contributed by atoms with Gasteiger partial charge in [0.2, 0.25) is 0 Å². The van der Waals surface area contributed by atoms with E-state index in [9.17, 15) is 9.30 Å². The number of nitrogens with zero attached hydrogens (tertiary/aromatic N) is 1. The first kappa shape index (κ1) is 10.8. The van der Waals surface area contributed by atoms with Gasteiger partial charge in [-0.25, -0.2) is 4.39 Å². The second-order valence-electron chi connectivity index (χ2n) is 2.02. The van der Waals surface area contributed by atoms with Crippen molar-refractivity contribution in [3.8, 4) is 0 Å². The summed E-state index contributed by atoms with van der Waals surface area (Å²) >= 11 is 0. The zero-order valence-electron chi connectivity index (χ0n) is 7.47. The molecule has 3 heteroatoms. The predicted molar refractivity (Wildman–Crippen MR) is 47.9 cm³/mol. The number of benzene rings is 1. The van der Waals surface area contributed by atoms with Crippen LogP contribution in [0.2, 0.25) is 0 Å². The van der Waals surface area contributed by atoms with Gasteiger partial charge in [-0.1, -0.05) is 13.8 Å². The highest BCUT2D eigenvalue weighted by molar-refractivity contribution is 5.44. The second kappa shape index (κ2) is 5.41. The monoisotopic (exact) mass is 169 g/mol.